The molecule has 0 saturated carbocycles. The molecule has 0 fully saturated rings. The molecular formula is C18H19N3O3S2. The molecule has 0 spiro atoms. The summed E-state index contributed by atoms with van der Waals surface area (Å²) in [5, 5.41) is 6.18. The Morgan fingerprint density at radius 3 is 2.58 bits per heavy atom. The summed E-state index contributed by atoms with van der Waals surface area (Å²) in [4.78, 5) is 22.2. The van der Waals surface area contributed by atoms with Crippen LogP contribution in [0.5, 0.6) is 11.5 Å². The molecule has 0 bridgehead atoms. The van der Waals surface area contributed by atoms with Crippen molar-refractivity contribution in [2.24, 2.45) is 0 Å². The standard InChI is InChI=1S/C18H19N3O3S2/c1-10-11(2)26-18(19-10)21-16(22)8-13-9-25-17(20-13)12-5-6-14(23-3)15(7-12)24-4/h5-7,9H,8H2,1-4H3,(H,19,21,22). The van der Waals surface area contributed by atoms with Gasteiger partial charge in [0.25, 0.3) is 0 Å². The lowest BCUT2D eigenvalue weighted by atomic mass is 10.2. The zero-order valence-electron chi connectivity index (χ0n) is 15.0. The molecule has 3 rings (SSSR count). The average molecular weight is 390 g/mol. The number of aryl methyl sites for hydroxylation is 2. The number of nitrogens with zero attached hydrogens (tertiary/aromatic N) is 2. The second-order valence-electron chi connectivity index (χ2n) is 5.60. The van der Waals surface area contributed by atoms with Gasteiger partial charge in [0.1, 0.15) is 5.01 Å². The van der Waals surface area contributed by atoms with Gasteiger partial charge >= 0.3 is 0 Å². The molecule has 26 heavy (non-hydrogen) atoms. The topological polar surface area (TPSA) is 73.3 Å². The molecule has 0 atom stereocenters. The highest BCUT2D eigenvalue weighted by atomic mass is 32.1. The van der Waals surface area contributed by atoms with E-state index in [0.29, 0.717) is 16.6 Å². The first-order valence-electron chi connectivity index (χ1n) is 7.91. The summed E-state index contributed by atoms with van der Waals surface area (Å²) in [7, 11) is 3.20. The van der Waals surface area contributed by atoms with Crippen molar-refractivity contribution in [3.05, 3.63) is 39.8 Å². The van der Waals surface area contributed by atoms with E-state index in [1.807, 2.05) is 37.4 Å². The molecule has 0 aliphatic carbocycles. The van der Waals surface area contributed by atoms with Gasteiger partial charge in [0.15, 0.2) is 16.6 Å². The van der Waals surface area contributed by atoms with Crippen LogP contribution in [0.4, 0.5) is 5.13 Å². The summed E-state index contributed by atoms with van der Waals surface area (Å²) >= 11 is 2.97. The number of carbonyl (C=O) groups excluding carboxylic acids is 1. The Bertz CT molecular complexity index is 914. The second-order valence-corrected chi connectivity index (χ2v) is 7.66. The van der Waals surface area contributed by atoms with Gasteiger partial charge in [0.2, 0.25) is 5.91 Å². The van der Waals surface area contributed by atoms with Crippen LogP contribution in [-0.2, 0) is 11.2 Å². The van der Waals surface area contributed by atoms with Crippen molar-refractivity contribution in [2.75, 3.05) is 19.5 Å². The Morgan fingerprint density at radius 2 is 1.92 bits per heavy atom. The van der Waals surface area contributed by atoms with Crippen LogP contribution in [0, 0.1) is 13.8 Å². The number of rotatable bonds is 6. The molecule has 1 N–H and O–H groups in total. The highest BCUT2D eigenvalue weighted by molar-refractivity contribution is 7.15. The van der Waals surface area contributed by atoms with E-state index < -0.39 is 0 Å². The van der Waals surface area contributed by atoms with Crippen molar-refractivity contribution in [1.29, 1.82) is 0 Å². The highest BCUT2D eigenvalue weighted by Gasteiger charge is 2.13. The number of aromatic nitrogens is 2. The number of ether oxygens (including phenoxy) is 2. The van der Waals surface area contributed by atoms with E-state index in [2.05, 4.69) is 15.3 Å². The van der Waals surface area contributed by atoms with Crippen LogP contribution in [0.15, 0.2) is 23.6 Å². The third-order valence-electron chi connectivity index (χ3n) is 3.80. The predicted molar refractivity (Wildman–Crippen MR) is 105 cm³/mol. The van der Waals surface area contributed by atoms with Gasteiger partial charge in [0.05, 0.1) is 32.0 Å². The molecule has 136 valence electrons. The quantitative estimate of drug-likeness (QED) is 0.688. The Labute approximate surface area is 159 Å². The summed E-state index contributed by atoms with van der Waals surface area (Å²) < 4.78 is 10.6. The van der Waals surface area contributed by atoms with Crippen LogP contribution in [0.1, 0.15) is 16.3 Å². The first kappa shape index (κ1) is 18.3. The van der Waals surface area contributed by atoms with Gasteiger partial charge in [-0.3, -0.25) is 4.79 Å². The van der Waals surface area contributed by atoms with Crippen molar-refractivity contribution in [3.8, 4) is 22.1 Å². The minimum Gasteiger partial charge on any atom is -0.493 e. The maximum absolute atomic E-state index is 12.2. The Balaban J connectivity index is 1.70. The highest BCUT2D eigenvalue weighted by Crippen LogP contribution is 2.33. The summed E-state index contributed by atoms with van der Waals surface area (Å²) in [5.41, 5.74) is 2.59. The van der Waals surface area contributed by atoms with Gasteiger partial charge in [-0.1, -0.05) is 0 Å². The Morgan fingerprint density at radius 1 is 1.15 bits per heavy atom. The normalized spacial score (nSPS) is 10.6. The zero-order chi connectivity index (χ0) is 18.7. The molecule has 3 aromatic rings. The molecule has 0 radical (unpaired) electrons. The molecule has 0 unspecified atom stereocenters. The lowest BCUT2D eigenvalue weighted by molar-refractivity contribution is -0.115. The fourth-order valence-corrected chi connectivity index (χ4v) is 3.99. The van der Waals surface area contributed by atoms with Gasteiger partial charge in [0, 0.05) is 15.8 Å². The SMILES string of the molecule is COc1ccc(-c2nc(CC(=O)Nc3nc(C)c(C)s3)cs2)cc1OC. The van der Waals surface area contributed by atoms with Crippen LogP contribution in [0.2, 0.25) is 0 Å². The minimum atomic E-state index is -0.122. The summed E-state index contributed by atoms with van der Waals surface area (Å²) in [5.74, 6) is 1.19. The van der Waals surface area contributed by atoms with Gasteiger partial charge in [-0.25, -0.2) is 9.97 Å². The van der Waals surface area contributed by atoms with Crippen LogP contribution in [0.3, 0.4) is 0 Å². The van der Waals surface area contributed by atoms with Crippen LogP contribution < -0.4 is 14.8 Å². The van der Waals surface area contributed by atoms with Crippen molar-refractivity contribution in [1.82, 2.24) is 9.97 Å². The van der Waals surface area contributed by atoms with E-state index in [4.69, 9.17) is 9.47 Å². The summed E-state index contributed by atoms with van der Waals surface area (Å²) in [6.45, 7) is 3.91. The molecule has 0 aliphatic rings. The van der Waals surface area contributed by atoms with Gasteiger partial charge < -0.3 is 14.8 Å². The first-order chi connectivity index (χ1) is 12.5. The van der Waals surface area contributed by atoms with Gasteiger partial charge in [-0.2, -0.15) is 0 Å². The maximum atomic E-state index is 12.2. The number of anilines is 1. The van der Waals surface area contributed by atoms with E-state index in [1.54, 1.807) is 14.2 Å². The number of carbonyl (C=O) groups is 1. The van der Waals surface area contributed by atoms with Crippen molar-refractivity contribution >= 4 is 33.7 Å². The third-order valence-corrected chi connectivity index (χ3v) is 5.73. The lowest BCUT2D eigenvalue weighted by Gasteiger charge is -2.08. The molecule has 2 heterocycles. The number of hydrogen-bond acceptors (Lipinski definition) is 7. The number of nitrogens with one attached hydrogen (secondary N) is 1. The predicted octanol–water partition coefficient (Wildman–Crippen LogP) is 4.08. The molecule has 0 aliphatic heterocycles. The van der Waals surface area contributed by atoms with E-state index >= 15 is 0 Å². The monoisotopic (exact) mass is 389 g/mol. The van der Waals surface area contributed by atoms with E-state index in [0.717, 1.165) is 26.8 Å². The van der Waals surface area contributed by atoms with Gasteiger partial charge in [-0.05, 0) is 32.0 Å². The average Bonchev–Trinajstić information content (AvgIpc) is 3.20. The molecule has 1 aromatic carbocycles. The van der Waals surface area contributed by atoms with Crippen molar-refractivity contribution in [3.63, 3.8) is 0 Å². The number of thiazole rings is 2. The number of hydrogen-bond donors (Lipinski definition) is 1. The first-order valence-corrected chi connectivity index (χ1v) is 9.60. The van der Waals surface area contributed by atoms with E-state index in [1.165, 1.54) is 22.7 Å². The van der Waals surface area contributed by atoms with Crippen LogP contribution >= 0.6 is 22.7 Å². The Kier molecular flexibility index (Phi) is 5.53. The maximum Gasteiger partial charge on any atom is 0.232 e. The zero-order valence-corrected chi connectivity index (χ0v) is 16.6. The van der Waals surface area contributed by atoms with E-state index in [-0.39, 0.29) is 12.3 Å². The molecular weight excluding hydrogens is 370 g/mol. The molecule has 0 saturated heterocycles. The lowest BCUT2D eigenvalue weighted by Crippen LogP contribution is -2.14. The van der Waals surface area contributed by atoms with Gasteiger partial charge in [-0.15, -0.1) is 22.7 Å². The summed E-state index contributed by atoms with van der Waals surface area (Å²) in [6.07, 6.45) is 0.210. The fraction of sp³-hybridized carbons (Fsp3) is 0.278. The summed E-state index contributed by atoms with van der Waals surface area (Å²) in [6, 6.07) is 5.64. The van der Waals surface area contributed by atoms with E-state index in [9.17, 15) is 4.79 Å². The largest absolute Gasteiger partial charge is 0.493 e. The smallest absolute Gasteiger partial charge is 0.232 e. The molecule has 6 nitrogen and oxygen atoms in total. The van der Waals surface area contributed by atoms with Crippen LogP contribution in [-0.4, -0.2) is 30.1 Å². The van der Waals surface area contributed by atoms with Crippen molar-refractivity contribution < 1.29 is 14.3 Å². The van der Waals surface area contributed by atoms with Crippen molar-refractivity contribution in [2.45, 2.75) is 20.3 Å². The minimum absolute atomic E-state index is 0.122. The number of amides is 1. The second kappa shape index (κ2) is 7.84. The number of methoxy groups -OCH3 is 2. The third kappa shape index (κ3) is 4.03. The molecule has 2 aromatic heterocycles. The Hall–Kier alpha value is -2.45. The number of benzene rings is 1. The fourth-order valence-electron chi connectivity index (χ4n) is 2.34. The molecule has 1 amide bonds. The molecule has 8 heteroatoms. The van der Waals surface area contributed by atoms with Crippen LogP contribution in [0.25, 0.3) is 10.6 Å².